The molecule has 1 aliphatic heterocycles. The van der Waals surface area contributed by atoms with Gasteiger partial charge in [0.15, 0.2) is 0 Å². The molecule has 4 nitrogen and oxygen atoms in total. The lowest BCUT2D eigenvalue weighted by Gasteiger charge is -2.04. The Morgan fingerprint density at radius 1 is 1.44 bits per heavy atom. The molecule has 2 heterocycles. The molecule has 3 rings (SSSR count). The molecule has 0 radical (unpaired) electrons. The Bertz CT molecular complexity index is 585. The highest BCUT2D eigenvalue weighted by molar-refractivity contribution is 5.87. The number of aliphatic carboxylic acids is 1. The minimum atomic E-state index is -0.771. The standard InChI is InChI=1S/C12H11NO3/c14-10-3-1-2-7-4-9-5-8(12(15)16)6-13(9)11(7)10/h1-4,8,14H,5-6H2,(H,15,16). The first-order valence-electron chi connectivity index (χ1n) is 5.19. The van der Waals surface area contributed by atoms with Gasteiger partial charge >= 0.3 is 5.97 Å². The molecule has 16 heavy (non-hydrogen) atoms. The summed E-state index contributed by atoms with van der Waals surface area (Å²) in [7, 11) is 0. The number of para-hydroxylation sites is 1. The zero-order valence-electron chi connectivity index (χ0n) is 8.55. The summed E-state index contributed by atoms with van der Waals surface area (Å²) in [6.07, 6.45) is 0.545. The van der Waals surface area contributed by atoms with Crippen molar-refractivity contribution in [1.29, 1.82) is 0 Å². The molecule has 1 aliphatic rings. The van der Waals surface area contributed by atoms with Crippen LogP contribution in [0.4, 0.5) is 0 Å². The second-order valence-corrected chi connectivity index (χ2v) is 4.20. The van der Waals surface area contributed by atoms with E-state index in [9.17, 15) is 9.90 Å². The second kappa shape index (κ2) is 3.01. The average Bonchev–Trinajstić information content (AvgIpc) is 2.73. The van der Waals surface area contributed by atoms with Crippen molar-refractivity contribution in [3.8, 4) is 5.75 Å². The predicted molar refractivity (Wildman–Crippen MR) is 58.4 cm³/mol. The first-order valence-corrected chi connectivity index (χ1v) is 5.19. The van der Waals surface area contributed by atoms with Crippen LogP contribution >= 0.6 is 0 Å². The van der Waals surface area contributed by atoms with Gasteiger partial charge in [-0.15, -0.1) is 0 Å². The van der Waals surface area contributed by atoms with Crippen molar-refractivity contribution in [3.63, 3.8) is 0 Å². The van der Waals surface area contributed by atoms with E-state index in [2.05, 4.69) is 0 Å². The normalized spacial score (nSPS) is 18.9. The first-order chi connectivity index (χ1) is 7.66. The molecular weight excluding hydrogens is 206 g/mol. The molecule has 0 spiro atoms. The first kappa shape index (κ1) is 9.27. The summed E-state index contributed by atoms with van der Waals surface area (Å²) in [6, 6.07) is 7.31. The van der Waals surface area contributed by atoms with Crippen molar-refractivity contribution >= 4 is 16.9 Å². The van der Waals surface area contributed by atoms with Crippen molar-refractivity contribution in [3.05, 3.63) is 30.0 Å². The summed E-state index contributed by atoms with van der Waals surface area (Å²) in [6.45, 7) is 0.450. The fraction of sp³-hybridized carbons (Fsp3) is 0.250. The number of carbonyl (C=O) groups is 1. The van der Waals surface area contributed by atoms with Crippen molar-refractivity contribution in [1.82, 2.24) is 4.57 Å². The maximum Gasteiger partial charge on any atom is 0.308 e. The minimum absolute atomic E-state index is 0.217. The van der Waals surface area contributed by atoms with Gasteiger partial charge in [-0.2, -0.15) is 0 Å². The van der Waals surface area contributed by atoms with Crippen LogP contribution in [0.15, 0.2) is 24.3 Å². The van der Waals surface area contributed by atoms with Crippen LogP contribution in [-0.2, 0) is 17.8 Å². The van der Waals surface area contributed by atoms with E-state index in [0.717, 1.165) is 16.6 Å². The van der Waals surface area contributed by atoms with E-state index >= 15 is 0 Å². The van der Waals surface area contributed by atoms with Crippen molar-refractivity contribution in [2.45, 2.75) is 13.0 Å². The third kappa shape index (κ3) is 1.13. The third-order valence-corrected chi connectivity index (χ3v) is 3.19. The number of nitrogens with zero attached hydrogens (tertiary/aromatic N) is 1. The number of phenolic OH excluding ortho intramolecular Hbond substituents is 1. The number of fused-ring (bicyclic) bond motifs is 3. The Balaban J connectivity index is 2.17. The number of carboxylic acids is 1. The van der Waals surface area contributed by atoms with Crippen molar-refractivity contribution in [2.75, 3.05) is 0 Å². The second-order valence-electron chi connectivity index (χ2n) is 4.20. The summed E-state index contributed by atoms with van der Waals surface area (Å²) < 4.78 is 1.91. The highest BCUT2D eigenvalue weighted by Crippen LogP contribution is 2.33. The number of hydrogen-bond donors (Lipinski definition) is 2. The molecule has 1 aromatic carbocycles. The quantitative estimate of drug-likeness (QED) is 0.762. The molecule has 1 aromatic heterocycles. The minimum Gasteiger partial charge on any atom is -0.506 e. The lowest BCUT2D eigenvalue weighted by Crippen LogP contribution is -2.14. The molecule has 4 heteroatoms. The molecule has 0 saturated carbocycles. The maximum absolute atomic E-state index is 10.9. The molecule has 0 bridgehead atoms. The molecule has 0 saturated heterocycles. The number of carboxylic acid groups (broad SMARTS) is 1. The summed E-state index contributed by atoms with van der Waals surface area (Å²) in [5.74, 6) is -0.916. The van der Waals surface area contributed by atoms with Crippen LogP contribution < -0.4 is 0 Å². The Kier molecular flexibility index (Phi) is 1.74. The number of aromatic hydroxyl groups is 1. The van der Waals surface area contributed by atoms with E-state index in [4.69, 9.17) is 5.11 Å². The van der Waals surface area contributed by atoms with E-state index < -0.39 is 5.97 Å². The molecular formula is C12H11NO3. The molecule has 1 atom stereocenters. The fourth-order valence-corrected chi connectivity index (χ4v) is 2.44. The number of rotatable bonds is 1. The van der Waals surface area contributed by atoms with Gasteiger partial charge in [-0.1, -0.05) is 12.1 Å². The largest absolute Gasteiger partial charge is 0.506 e. The highest BCUT2D eigenvalue weighted by Gasteiger charge is 2.29. The van der Waals surface area contributed by atoms with E-state index in [1.165, 1.54) is 0 Å². The Morgan fingerprint density at radius 3 is 3.00 bits per heavy atom. The highest BCUT2D eigenvalue weighted by atomic mass is 16.4. The Labute approximate surface area is 91.7 Å². The molecule has 0 aliphatic carbocycles. The Morgan fingerprint density at radius 2 is 2.25 bits per heavy atom. The Hall–Kier alpha value is -1.97. The van der Waals surface area contributed by atoms with Gasteiger partial charge in [0, 0.05) is 24.0 Å². The zero-order valence-corrected chi connectivity index (χ0v) is 8.55. The molecule has 0 fully saturated rings. The van der Waals surface area contributed by atoms with Gasteiger partial charge in [-0.25, -0.2) is 0 Å². The zero-order chi connectivity index (χ0) is 11.3. The summed E-state index contributed by atoms with van der Waals surface area (Å²) in [4.78, 5) is 10.9. The van der Waals surface area contributed by atoms with Crippen LogP contribution in [0.2, 0.25) is 0 Å². The topological polar surface area (TPSA) is 62.5 Å². The monoisotopic (exact) mass is 217 g/mol. The number of hydrogen-bond acceptors (Lipinski definition) is 2. The van der Waals surface area contributed by atoms with Crippen LogP contribution in [-0.4, -0.2) is 20.7 Å². The summed E-state index contributed by atoms with van der Waals surface area (Å²) in [5.41, 5.74) is 1.74. The van der Waals surface area contributed by atoms with E-state index in [0.29, 0.717) is 13.0 Å². The maximum atomic E-state index is 10.9. The van der Waals surface area contributed by atoms with Crippen molar-refractivity contribution < 1.29 is 15.0 Å². The van der Waals surface area contributed by atoms with Crippen LogP contribution in [0.25, 0.3) is 10.9 Å². The molecule has 82 valence electrons. The van der Waals surface area contributed by atoms with Crippen LogP contribution in [0, 0.1) is 5.92 Å². The smallest absolute Gasteiger partial charge is 0.308 e. The summed E-state index contributed by atoms with van der Waals surface area (Å²) >= 11 is 0. The lowest BCUT2D eigenvalue weighted by molar-refractivity contribution is -0.141. The third-order valence-electron chi connectivity index (χ3n) is 3.19. The fourth-order valence-electron chi connectivity index (χ4n) is 2.44. The van der Waals surface area contributed by atoms with Gasteiger partial charge in [0.05, 0.1) is 11.4 Å². The van der Waals surface area contributed by atoms with E-state index in [-0.39, 0.29) is 11.7 Å². The van der Waals surface area contributed by atoms with Gasteiger partial charge in [0.25, 0.3) is 0 Å². The lowest BCUT2D eigenvalue weighted by atomic mass is 10.1. The van der Waals surface area contributed by atoms with Gasteiger partial charge < -0.3 is 14.8 Å². The number of phenols is 1. The molecule has 1 unspecified atom stereocenters. The SMILES string of the molecule is O=C(O)C1Cc2cc3cccc(O)c3n2C1. The van der Waals surface area contributed by atoms with Gasteiger partial charge in [0.2, 0.25) is 0 Å². The van der Waals surface area contributed by atoms with Gasteiger partial charge in [-0.05, 0) is 12.1 Å². The summed E-state index contributed by atoms with van der Waals surface area (Å²) in [5, 5.41) is 19.7. The van der Waals surface area contributed by atoms with Crippen LogP contribution in [0.5, 0.6) is 5.75 Å². The van der Waals surface area contributed by atoms with E-state index in [1.807, 2.05) is 16.7 Å². The van der Waals surface area contributed by atoms with E-state index in [1.54, 1.807) is 12.1 Å². The predicted octanol–water partition coefficient (Wildman–Crippen LogP) is 1.60. The number of aromatic nitrogens is 1. The molecule has 2 aromatic rings. The molecule has 0 amide bonds. The average molecular weight is 217 g/mol. The van der Waals surface area contributed by atoms with Gasteiger partial charge in [0.1, 0.15) is 5.75 Å². The molecule has 2 N–H and O–H groups in total. The van der Waals surface area contributed by atoms with Crippen LogP contribution in [0.3, 0.4) is 0 Å². The number of benzene rings is 1. The van der Waals surface area contributed by atoms with Crippen molar-refractivity contribution in [2.24, 2.45) is 5.92 Å². The van der Waals surface area contributed by atoms with Gasteiger partial charge in [-0.3, -0.25) is 4.79 Å². The van der Waals surface area contributed by atoms with Crippen LogP contribution in [0.1, 0.15) is 5.69 Å².